The smallest absolute Gasteiger partial charge is 0.334 e. The lowest BCUT2D eigenvalue weighted by atomic mass is 10.2. The molecule has 0 bridgehead atoms. The summed E-state index contributed by atoms with van der Waals surface area (Å²) in [6.07, 6.45) is 0. The number of hydrogen-bond donors (Lipinski definition) is 0. The highest BCUT2D eigenvalue weighted by Gasteiger charge is 2.34. The molecule has 1 aliphatic rings. The number of sulfonamides is 1. The summed E-state index contributed by atoms with van der Waals surface area (Å²) in [5.74, 6) is -0.113. The standard InChI is InChI=1S/C21H24N4O6S/c1-16-6-8-20(9-7-16)32(30,31)24(15-18-4-3-5-19(14-18)25(28)29)21(27)23-12-10-22(11-13-23)17(2)26/h3-9,14H,10-13,15H2,1-2H3. The Morgan fingerprint density at radius 1 is 1.03 bits per heavy atom. The summed E-state index contributed by atoms with van der Waals surface area (Å²) in [4.78, 5) is 38.3. The predicted octanol–water partition coefficient (Wildman–Crippen LogP) is 2.38. The normalized spacial score (nSPS) is 14.2. The molecule has 170 valence electrons. The Morgan fingerprint density at radius 2 is 1.62 bits per heavy atom. The van der Waals surface area contributed by atoms with Crippen molar-refractivity contribution in [3.05, 3.63) is 69.8 Å². The number of benzene rings is 2. The van der Waals surface area contributed by atoms with E-state index >= 15 is 0 Å². The average molecular weight is 461 g/mol. The van der Waals surface area contributed by atoms with Crippen molar-refractivity contribution in [2.45, 2.75) is 25.3 Å². The number of nitro benzene ring substituents is 1. The average Bonchev–Trinajstić information content (AvgIpc) is 2.77. The van der Waals surface area contributed by atoms with Crippen LogP contribution < -0.4 is 0 Å². The van der Waals surface area contributed by atoms with E-state index in [9.17, 15) is 28.1 Å². The first-order valence-corrected chi connectivity index (χ1v) is 11.4. The van der Waals surface area contributed by atoms with Crippen molar-refractivity contribution in [2.75, 3.05) is 26.2 Å². The Bertz CT molecular complexity index is 1130. The van der Waals surface area contributed by atoms with Gasteiger partial charge in [-0.1, -0.05) is 29.8 Å². The Morgan fingerprint density at radius 3 is 2.19 bits per heavy atom. The number of carbonyl (C=O) groups is 2. The van der Waals surface area contributed by atoms with E-state index in [1.165, 1.54) is 48.2 Å². The second kappa shape index (κ2) is 9.35. The zero-order chi connectivity index (χ0) is 23.5. The molecule has 0 spiro atoms. The van der Waals surface area contributed by atoms with Crippen LogP contribution in [0.1, 0.15) is 18.1 Å². The van der Waals surface area contributed by atoms with Crippen LogP contribution in [0.15, 0.2) is 53.4 Å². The number of amides is 3. The van der Waals surface area contributed by atoms with Crippen LogP contribution in [0.25, 0.3) is 0 Å². The van der Waals surface area contributed by atoms with Gasteiger partial charge in [-0.2, -0.15) is 0 Å². The fourth-order valence-electron chi connectivity index (χ4n) is 3.40. The molecule has 0 atom stereocenters. The fourth-order valence-corrected chi connectivity index (χ4v) is 4.77. The number of nitrogens with zero attached hydrogens (tertiary/aromatic N) is 4. The summed E-state index contributed by atoms with van der Waals surface area (Å²) in [5.41, 5.74) is 0.976. The molecule has 1 aliphatic heterocycles. The van der Waals surface area contributed by atoms with E-state index < -0.39 is 21.0 Å². The number of nitro groups is 1. The van der Waals surface area contributed by atoms with E-state index in [2.05, 4.69) is 0 Å². The van der Waals surface area contributed by atoms with Crippen LogP contribution in [-0.2, 0) is 21.4 Å². The number of non-ortho nitro benzene ring substituents is 1. The van der Waals surface area contributed by atoms with Crippen LogP contribution >= 0.6 is 0 Å². The molecule has 0 unspecified atom stereocenters. The molecule has 0 radical (unpaired) electrons. The Labute approximate surface area is 186 Å². The van der Waals surface area contributed by atoms with Gasteiger partial charge in [0.05, 0.1) is 16.4 Å². The molecule has 0 aromatic heterocycles. The first-order chi connectivity index (χ1) is 15.1. The van der Waals surface area contributed by atoms with Crippen molar-refractivity contribution in [1.82, 2.24) is 14.1 Å². The lowest BCUT2D eigenvalue weighted by Gasteiger charge is -2.36. The molecule has 3 amide bonds. The van der Waals surface area contributed by atoms with Gasteiger partial charge in [-0.3, -0.25) is 14.9 Å². The van der Waals surface area contributed by atoms with Crippen molar-refractivity contribution >= 4 is 27.6 Å². The molecule has 0 saturated carbocycles. The van der Waals surface area contributed by atoms with Gasteiger partial charge in [-0.25, -0.2) is 17.5 Å². The van der Waals surface area contributed by atoms with Crippen molar-refractivity contribution in [2.24, 2.45) is 0 Å². The van der Waals surface area contributed by atoms with Gasteiger partial charge >= 0.3 is 6.03 Å². The summed E-state index contributed by atoms with van der Waals surface area (Å²) in [5, 5.41) is 11.1. The van der Waals surface area contributed by atoms with Gasteiger partial charge < -0.3 is 9.80 Å². The van der Waals surface area contributed by atoms with Crippen LogP contribution in [0.5, 0.6) is 0 Å². The molecular formula is C21H24N4O6S. The van der Waals surface area contributed by atoms with Gasteiger partial charge in [-0.15, -0.1) is 0 Å². The van der Waals surface area contributed by atoms with Crippen LogP contribution in [-0.4, -0.2) is 65.6 Å². The minimum Gasteiger partial charge on any atom is -0.339 e. The zero-order valence-corrected chi connectivity index (χ0v) is 18.6. The zero-order valence-electron chi connectivity index (χ0n) is 17.8. The lowest BCUT2D eigenvalue weighted by Crippen LogP contribution is -2.54. The molecule has 10 nitrogen and oxygen atoms in total. The van der Waals surface area contributed by atoms with Gasteiger partial charge in [0.25, 0.3) is 15.7 Å². The molecule has 2 aromatic carbocycles. The number of rotatable bonds is 5. The quantitative estimate of drug-likeness (QED) is 0.499. The highest BCUT2D eigenvalue weighted by molar-refractivity contribution is 7.89. The third-order valence-electron chi connectivity index (χ3n) is 5.27. The molecule has 11 heteroatoms. The molecule has 1 heterocycles. The topological polar surface area (TPSA) is 121 Å². The van der Waals surface area contributed by atoms with E-state index in [-0.39, 0.29) is 36.1 Å². The third-order valence-corrected chi connectivity index (χ3v) is 7.00. The first-order valence-electron chi connectivity index (χ1n) is 9.97. The van der Waals surface area contributed by atoms with Gasteiger partial charge in [0.15, 0.2) is 0 Å². The summed E-state index contributed by atoms with van der Waals surface area (Å²) >= 11 is 0. The molecule has 0 N–H and O–H groups in total. The number of hydrogen-bond acceptors (Lipinski definition) is 6. The maximum absolute atomic E-state index is 13.4. The number of aryl methyl sites for hydroxylation is 1. The lowest BCUT2D eigenvalue weighted by molar-refractivity contribution is -0.384. The molecular weight excluding hydrogens is 436 g/mol. The monoisotopic (exact) mass is 460 g/mol. The summed E-state index contributed by atoms with van der Waals surface area (Å²) < 4.78 is 27.5. The second-order valence-electron chi connectivity index (χ2n) is 7.53. The Balaban J connectivity index is 1.95. The van der Waals surface area contributed by atoms with E-state index in [4.69, 9.17) is 0 Å². The number of urea groups is 1. The molecule has 32 heavy (non-hydrogen) atoms. The van der Waals surface area contributed by atoms with Crippen molar-refractivity contribution in [3.8, 4) is 0 Å². The molecule has 0 aliphatic carbocycles. The van der Waals surface area contributed by atoms with Crippen molar-refractivity contribution < 1.29 is 22.9 Å². The second-order valence-corrected chi connectivity index (χ2v) is 9.39. The maximum Gasteiger partial charge on any atom is 0.334 e. The van der Waals surface area contributed by atoms with Gasteiger partial charge in [0, 0.05) is 45.2 Å². The minimum absolute atomic E-state index is 0.0516. The highest BCUT2D eigenvalue weighted by Crippen LogP contribution is 2.23. The predicted molar refractivity (Wildman–Crippen MR) is 116 cm³/mol. The highest BCUT2D eigenvalue weighted by atomic mass is 32.2. The number of carbonyl (C=O) groups excluding carboxylic acids is 2. The summed E-state index contributed by atoms with van der Waals surface area (Å²) in [7, 11) is -4.24. The van der Waals surface area contributed by atoms with E-state index in [0.717, 1.165) is 9.87 Å². The Hall–Kier alpha value is -3.47. The molecule has 2 aromatic rings. The summed E-state index contributed by atoms with van der Waals surface area (Å²) in [6, 6.07) is 10.9. The SMILES string of the molecule is CC(=O)N1CCN(C(=O)N(Cc2cccc([N+](=O)[O-])c2)S(=O)(=O)c2ccc(C)cc2)CC1. The Kier molecular flexibility index (Phi) is 6.78. The largest absolute Gasteiger partial charge is 0.339 e. The van der Waals surface area contributed by atoms with Crippen molar-refractivity contribution in [3.63, 3.8) is 0 Å². The van der Waals surface area contributed by atoms with Crippen LogP contribution in [0.3, 0.4) is 0 Å². The molecule has 1 fully saturated rings. The molecule has 1 saturated heterocycles. The van der Waals surface area contributed by atoms with Crippen LogP contribution in [0.2, 0.25) is 0 Å². The van der Waals surface area contributed by atoms with Gasteiger partial charge in [0.2, 0.25) is 5.91 Å². The minimum atomic E-state index is -4.24. The van der Waals surface area contributed by atoms with Gasteiger partial charge in [0.1, 0.15) is 0 Å². The van der Waals surface area contributed by atoms with Crippen LogP contribution in [0.4, 0.5) is 10.5 Å². The maximum atomic E-state index is 13.4. The molecule has 3 rings (SSSR count). The van der Waals surface area contributed by atoms with Gasteiger partial charge in [-0.05, 0) is 24.6 Å². The summed E-state index contributed by atoms with van der Waals surface area (Å²) in [6.45, 7) is 3.88. The fraction of sp³-hybridized carbons (Fsp3) is 0.333. The van der Waals surface area contributed by atoms with Crippen molar-refractivity contribution in [1.29, 1.82) is 0 Å². The number of piperazine rings is 1. The first kappa shape index (κ1) is 23.2. The third kappa shape index (κ3) is 5.05. The van der Waals surface area contributed by atoms with Crippen LogP contribution in [0, 0.1) is 17.0 Å². The van der Waals surface area contributed by atoms with E-state index in [0.29, 0.717) is 18.7 Å². The van der Waals surface area contributed by atoms with E-state index in [1.807, 2.05) is 6.92 Å². The van der Waals surface area contributed by atoms with E-state index in [1.54, 1.807) is 17.0 Å².